The Labute approximate surface area is 125 Å². The van der Waals surface area contributed by atoms with Gasteiger partial charge in [0.15, 0.2) is 5.82 Å². The molecule has 0 saturated carbocycles. The number of aliphatic carboxylic acids is 1. The van der Waals surface area contributed by atoms with Gasteiger partial charge in [-0.2, -0.15) is 0 Å². The van der Waals surface area contributed by atoms with E-state index in [0.717, 1.165) is 0 Å². The molecular formula is C13H14ClFN2O4. The molecule has 21 heavy (non-hydrogen) atoms. The van der Waals surface area contributed by atoms with Gasteiger partial charge < -0.3 is 20.5 Å². The van der Waals surface area contributed by atoms with Gasteiger partial charge in [-0.05, 0) is 19.1 Å². The molecule has 1 fully saturated rings. The Bertz CT molecular complexity index is 583. The van der Waals surface area contributed by atoms with Crippen molar-refractivity contribution < 1.29 is 23.8 Å². The summed E-state index contributed by atoms with van der Waals surface area (Å²) >= 11 is 5.61. The summed E-state index contributed by atoms with van der Waals surface area (Å²) < 4.78 is 18.8. The first-order chi connectivity index (χ1) is 9.84. The topological polar surface area (TPSA) is 87.7 Å². The smallest absolute Gasteiger partial charge is 0.319 e. The molecule has 2 rings (SSSR count). The van der Waals surface area contributed by atoms with Gasteiger partial charge in [-0.15, -0.1) is 0 Å². The molecule has 8 heteroatoms. The molecule has 0 aliphatic carbocycles. The summed E-state index contributed by atoms with van der Waals surface area (Å²) in [5.74, 6) is -1.82. The molecule has 1 aromatic rings. The van der Waals surface area contributed by atoms with Crippen molar-refractivity contribution in [2.24, 2.45) is 5.41 Å². The lowest BCUT2D eigenvalue weighted by Gasteiger charge is -2.25. The molecule has 114 valence electrons. The Morgan fingerprint density at radius 1 is 1.52 bits per heavy atom. The first-order valence-electron chi connectivity index (χ1n) is 6.17. The predicted molar refractivity (Wildman–Crippen MR) is 73.9 cm³/mol. The zero-order valence-electron chi connectivity index (χ0n) is 11.2. The van der Waals surface area contributed by atoms with Crippen LogP contribution in [0.4, 0.5) is 14.9 Å². The highest BCUT2D eigenvalue weighted by molar-refractivity contribution is 6.31. The van der Waals surface area contributed by atoms with E-state index in [-0.39, 0.29) is 23.9 Å². The van der Waals surface area contributed by atoms with Gasteiger partial charge in [-0.3, -0.25) is 4.79 Å². The van der Waals surface area contributed by atoms with Crippen LogP contribution in [0.3, 0.4) is 0 Å². The molecule has 1 aliphatic heterocycles. The van der Waals surface area contributed by atoms with Gasteiger partial charge in [0.1, 0.15) is 5.41 Å². The molecule has 1 aromatic carbocycles. The predicted octanol–water partition coefficient (Wildman–Crippen LogP) is 2.09. The van der Waals surface area contributed by atoms with Crippen LogP contribution >= 0.6 is 11.6 Å². The molecule has 6 nitrogen and oxygen atoms in total. The summed E-state index contributed by atoms with van der Waals surface area (Å²) in [5, 5.41) is 13.9. The second-order valence-electron chi connectivity index (χ2n) is 4.99. The van der Waals surface area contributed by atoms with Gasteiger partial charge in [0, 0.05) is 0 Å². The maximum Gasteiger partial charge on any atom is 0.319 e. The van der Waals surface area contributed by atoms with Crippen LogP contribution in [0.5, 0.6) is 0 Å². The fraction of sp³-hybridized carbons (Fsp3) is 0.385. The lowest BCUT2D eigenvalue weighted by molar-refractivity contribution is -0.148. The summed E-state index contributed by atoms with van der Waals surface area (Å²) in [5.41, 5.74) is -1.31. The number of nitrogens with one attached hydrogen (secondary N) is 2. The quantitative estimate of drug-likeness (QED) is 0.797. The molecule has 0 aromatic heterocycles. The molecule has 0 bridgehead atoms. The normalized spacial score (nSPS) is 24.6. The number of amides is 2. The standard InChI is InChI=1S/C13H14ClFN2O4/c1-13(11(18)19)6-21-5-9(13)17-12(20)16-8-4-2-3-7(14)10(8)15/h2-4,9H,5-6H2,1H3,(H,18,19)(H2,16,17,20). The van der Waals surface area contributed by atoms with Crippen molar-refractivity contribution in [3.8, 4) is 0 Å². The maximum atomic E-state index is 13.7. The Morgan fingerprint density at radius 2 is 2.24 bits per heavy atom. The average Bonchev–Trinajstić information content (AvgIpc) is 2.78. The van der Waals surface area contributed by atoms with Crippen molar-refractivity contribution in [1.82, 2.24) is 5.32 Å². The van der Waals surface area contributed by atoms with Gasteiger partial charge in [-0.25, -0.2) is 9.18 Å². The van der Waals surface area contributed by atoms with Crippen molar-refractivity contribution in [3.63, 3.8) is 0 Å². The van der Waals surface area contributed by atoms with E-state index in [1.165, 1.54) is 25.1 Å². The van der Waals surface area contributed by atoms with Crippen molar-refractivity contribution in [2.75, 3.05) is 18.5 Å². The van der Waals surface area contributed by atoms with E-state index in [2.05, 4.69) is 10.6 Å². The lowest BCUT2D eigenvalue weighted by Crippen LogP contribution is -2.50. The van der Waals surface area contributed by atoms with E-state index in [1.807, 2.05) is 0 Å². The van der Waals surface area contributed by atoms with Gasteiger partial charge in [0.05, 0.1) is 30.0 Å². The molecule has 2 atom stereocenters. The van der Waals surface area contributed by atoms with Crippen LogP contribution < -0.4 is 10.6 Å². The van der Waals surface area contributed by atoms with Crippen molar-refractivity contribution in [3.05, 3.63) is 29.0 Å². The molecule has 2 amide bonds. The number of urea groups is 1. The highest BCUT2D eigenvalue weighted by Crippen LogP contribution is 2.29. The summed E-state index contributed by atoms with van der Waals surface area (Å²) in [7, 11) is 0. The number of carboxylic acids is 1. The van der Waals surface area contributed by atoms with Crippen LogP contribution in [0.2, 0.25) is 5.02 Å². The fourth-order valence-electron chi connectivity index (χ4n) is 2.00. The van der Waals surface area contributed by atoms with Crippen LogP contribution in [-0.4, -0.2) is 36.4 Å². The fourth-order valence-corrected chi connectivity index (χ4v) is 2.18. The third kappa shape index (κ3) is 3.08. The van der Waals surface area contributed by atoms with E-state index in [1.54, 1.807) is 0 Å². The SMILES string of the molecule is CC1(C(=O)O)COCC1NC(=O)Nc1cccc(Cl)c1F. The van der Waals surface area contributed by atoms with Crippen LogP contribution in [0, 0.1) is 11.2 Å². The number of anilines is 1. The maximum absolute atomic E-state index is 13.7. The van der Waals surface area contributed by atoms with E-state index in [0.29, 0.717) is 0 Å². The van der Waals surface area contributed by atoms with E-state index in [9.17, 15) is 19.1 Å². The van der Waals surface area contributed by atoms with Crippen LogP contribution in [-0.2, 0) is 9.53 Å². The summed E-state index contributed by atoms with van der Waals surface area (Å²) in [6.07, 6.45) is 0. The minimum Gasteiger partial charge on any atom is -0.481 e. The Kier molecular flexibility index (Phi) is 4.34. The second-order valence-corrected chi connectivity index (χ2v) is 5.40. The number of carboxylic acid groups (broad SMARTS) is 1. The number of hydrogen-bond acceptors (Lipinski definition) is 3. The summed E-state index contributed by atoms with van der Waals surface area (Å²) in [4.78, 5) is 23.1. The zero-order chi connectivity index (χ0) is 15.6. The molecule has 0 spiro atoms. The van der Waals surface area contributed by atoms with Crippen molar-refractivity contribution in [1.29, 1.82) is 0 Å². The number of carbonyl (C=O) groups is 2. The molecule has 3 N–H and O–H groups in total. The minimum absolute atomic E-state index is 0.00118. The Hall–Kier alpha value is -1.86. The Morgan fingerprint density at radius 3 is 2.90 bits per heavy atom. The Balaban J connectivity index is 2.05. The monoisotopic (exact) mass is 316 g/mol. The molecule has 1 saturated heterocycles. The minimum atomic E-state index is -1.22. The lowest BCUT2D eigenvalue weighted by atomic mass is 9.85. The van der Waals surface area contributed by atoms with Crippen LogP contribution in [0.15, 0.2) is 18.2 Å². The third-order valence-corrected chi connectivity index (χ3v) is 3.74. The molecule has 1 heterocycles. The van der Waals surface area contributed by atoms with Crippen molar-refractivity contribution in [2.45, 2.75) is 13.0 Å². The van der Waals surface area contributed by atoms with Gasteiger partial charge in [0.25, 0.3) is 0 Å². The van der Waals surface area contributed by atoms with Crippen LogP contribution in [0.25, 0.3) is 0 Å². The largest absolute Gasteiger partial charge is 0.481 e. The molecule has 2 unspecified atom stereocenters. The van der Waals surface area contributed by atoms with Gasteiger partial charge >= 0.3 is 12.0 Å². The number of ether oxygens (including phenoxy) is 1. The third-order valence-electron chi connectivity index (χ3n) is 3.45. The highest BCUT2D eigenvalue weighted by Gasteiger charge is 2.47. The van der Waals surface area contributed by atoms with Gasteiger partial charge in [0.2, 0.25) is 0 Å². The second kappa shape index (κ2) is 5.87. The van der Waals surface area contributed by atoms with E-state index >= 15 is 0 Å². The summed E-state index contributed by atoms with van der Waals surface area (Å²) in [6.45, 7) is 1.56. The highest BCUT2D eigenvalue weighted by atomic mass is 35.5. The first-order valence-corrected chi connectivity index (χ1v) is 6.55. The number of benzene rings is 1. The van der Waals surface area contributed by atoms with Gasteiger partial charge in [-0.1, -0.05) is 17.7 Å². The van der Waals surface area contributed by atoms with E-state index < -0.39 is 29.3 Å². The number of hydrogen-bond donors (Lipinski definition) is 3. The van der Waals surface area contributed by atoms with Crippen molar-refractivity contribution >= 4 is 29.3 Å². The number of halogens is 2. The number of carbonyl (C=O) groups excluding carboxylic acids is 1. The molecule has 0 radical (unpaired) electrons. The zero-order valence-corrected chi connectivity index (χ0v) is 11.9. The van der Waals surface area contributed by atoms with E-state index in [4.69, 9.17) is 16.3 Å². The molecular weight excluding hydrogens is 303 g/mol. The first kappa shape index (κ1) is 15.5. The number of rotatable bonds is 3. The summed E-state index contributed by atoms with van der Waals surface area (Å²) in [6, 6.07) is 2.76. The molecule has 1 aliphatic rings. The van der Waals surface area contributed by atoms with Crippen LogP contribution in [0.1, 0.15) is 6.92 Å². The average molecular weight is 317 g/mol.